The van der Waals surface area contributed by atoms with Crippen molar-refractivity contribution in [2.45, 2.75) is 5.92 Å². The zero-order valence-corrected chi connectivity index (χ0v) is 35.1. The molecule has 1 aliphatic carbocycles. The summed E-state index contributed by atoms with van der Waals surface area (Å²) in [7, 11) is 0. The number of fused-ring (bicyclic) bond motifs is 15. The Hall–Kier alpha value is -8.60. The van der Waals surface area contributed by atoms with Crippen LogP contribution in [0.25, 0.3) is 116 Å². The predicted octanol–water partition coefficient (Wildman–Crippen LogP) is 16.0. The van der Waals surface area contributed by atoms with E-state index in [0.717, 1.165) is 50.0 Å². The lowest BCUT2D eigenvalue weighted by molar-refractivity contribution is 0.661. The molecule has 0 fully saturated rings. The maximum absolute atomic E-state index is 7.10. The molecule has 1 aliphatic rings. The van der Waals surface area contributed by atoms with Crippen molar-refractivity contribution in [3.63, 3.8) is 0 Å². The predicted molar refractivity (Wildman–Crippen MR) is 270 cm³/mol. The van der Waals surface area contributed by atoms with E-state index >= 15 is 0 Å². The van der Waals surface area contributed by atoms with Gasteiger partial charge in [0.2, 0.25) is 0 Å². The maximum atomic E-state index is 7.10. The minimum absolute atomic E-state index is 0.00798. The Balaban J connectivity index is 0.920. The van der Waals surface area contributed by atoms with Crippen LogP contribution in [0.2, 0.25) is 0 Å². The van der Waals surface area contributed by atoms with E-state index < -0.39 is 0 Å². The van der Waals surface area contributed by atoms with Crippen LogP contribution in [-0.4, -0.2) is 13.7 Å². The van der Waals surface area contributed by atoms with Gasteiger partial charge in [-0.3, -0.25) is 0 Å². The third kappa shape index (κ3) is 4.70. The smallest absolute Gasteiger partial charge is 0.139 e. The molecule has 0 saturated carbocycles. The van der Waals surface area contributed by atoms with Crippen molar-refractivity contribution in [2.24, 2.45) is 0 Å². The second-order valence-corrected chi connectivity index (χ2v) is 17.6. The summed E-state index contributed by atoms with van der Waals surface area (Å²) >= 11 is 0. The highest BCUT2D eigenvalue weighted by Crippen LogP contribution is 2.52. The fourth-order valence-corrected chi connectivity index (χ4v) is 11.7. The first-order valence-corrected chi connectivity index (χ1v) is 22.5. The van der Waals surface area contributed by atoms with E-state index in [1.54, 1.807) is 0 Å². The highest BCUT2D eigenvalue weighted by molar-refractivity contribution is 6.16. The molecular formula is C61H37N3O. The summed E-state index contributed by atoms with van der Waals surface area (Å²) in [5.74, 6) is 0.00798. The van der Waals surface area contributed by atoms with Gasteiger partial charge in [0.15, 0.2) is 0 Å². The molecule has 4 heterocycles. The van der Waals surface area contributed by atoms with Gasteiger partial charge in [0.1, 0.15) is 11.2 Å². The van der Waals surface area contributed by atoms with Gasteiger partial charge in [-0.2, -0.15) is 0 Å². The topological polar surface area (TPSA) is 27.9 Å². The number of hydrogen-bond acceptors (Lipinski definition) is 1. The zero-order valence-electron chi connectivity index (χ0n) is 35.1. The van der Waals surface area contributed by atoms with Crippen LogP contribution in [0, 0.1) is 0 Å². The lowest BCUT2D eigenvalue weighted by Gasteiger charge is -2.16. The first-order valence-electron chi connectivity index (χ1n) is 22.5. The molecule has 0 aliphatic heterocycles. The van der Waals surface area contributed by atoms with Gasteiger partial charge in [-0.25, -0.2) is 0 Å². The van der Waals surface area contributed by atoms with E-state index in [1.807, 2.05) is 0 Å². The first kappa shape index (κ1) is 34.9. The van der Waals surface area contributed by atoms with Crippen molar-refractivity contribution in [3.8, 4) is 28.2 Å². The molecule has 1 unspecified atom stereocenters. The fraction of sp³-hybridized carbons (Fsp3) is 0.0164. The quantitative estimate of drug-likeness (QED) is 0.174. The van der Waals surface area contributed by atoms with Crippen molar-refractivity contribution in [3.05, 3.63) is 235 Å². The molecule has 4 aromatic heterocycles. The van der Waals surface area contributed by atoms with Crippen molar-refractivity contribution >= 4 is 87.4 Å². The molecule has 14 aromatic rings. The molecule has 0 amide bonds. The molecule has 15 rings (SSSR count). The summed E-state index contributed by atoms with van der Waals surface area (Å²) in [4.78, 5) is 0. The zero-order chi connectivity index (χ0) is 42.3. The standard InChI is InChI=1S/C61H37N3O/c1-2-21-45-39(15-1)49-35-37(62-51-24-8-3-16-40(51)41-17-4-9-25-52(41)62)31-33-46(49)59(45)47-22-13-23-48-60-57(29-14-30-58(60)65-61(47)48)64-55-28-12-7-20-44(55)50-36-38(32-34-56(50)64)63-53-26-10-5-18-42(53)43-19-6-11-27-54(43)63/h1-36,59H. The van der Waals surface area contributed by atoms with E-state index in [9.17, 15) is 0 Å². The van der Waals surface area contributed by atoms with Gasteiger partial charge < -0.3 is 18.1 Å². The highest BCUT2D eigenvalue weighted by Gasteiger charge is 2.33. The number of rotatable bonds is 4. The van der Waals surface area contributed by atoms with Crippen LogP contribution >= 0.6 is 0 Å². The summed E-state index contributed by atoms with van der Waals surface area (Å²) in [5.41, 5.74) is 18.7. The summed E-state index contributed by atoms with van der Waals surface area (Å²) in [6.07, 6.45) is 0. The Bertz CT molecular complexity index is 4220. The summed E-state index contributed by atoms with van der Waals surface area (Å²) in [6, 6.07) is 80.0. The molecule has 0 spiro atoms. The third-order valence-corrected chi connectivity index (χ3v) is 14.3. The second kappa shape index (κ2) is 13.0. The van der Waals surface area contributed by atoms with Crippen molar-refractivity contribution in [1.82, 2.24) is 13.7 Å². The summed E-state index contributed by atoms with van der Waals surface area (Å²) in [5, 5.41) is 9.72. The van der Waals surface area contributed by atoms with Gasteiger partial charge in [-0.1, -0.05) is 146 Å². The molecular weight excluding hydrogens is 791 g/mol. The number of benzene rings is 10. The number of aromatic nitrogens is 3. The Morgan fingerprint density at radius 2 is 0.769 bits per heavy atom. The number of nitrogens with zero attached hydrogens (tertiary/aromatic N) is 3. The molecule has 1 atom stereocenters. The number of hydrogen-bond donors (Lipinski definition) is 0. The lowest BCUT2D eigenvalue weighted by Crippen LogP contribution is -2.00. The van der Waals surface area contributed by atoms with Gasteiger partial charge in [-0.15, -0.1) is 0 Å². The number of para-hydroxylation sites is 6. The van der Waals surface area contributed by atoms with Gasteiger partial charge in [-0.05, 0) is 95.1 Å². The van der Waals surface area contributed by atoms with Crippen molar-refractivity contribution in [1.29, 1.82) is 0 Å². The van der Waals surface area contributed by atoms with Crippen LogP contribution in [0.4, 0.5) is 0 Å². The average Bonchev–Trinajstić information content (AvgIpc) is 4.17. The Labute approximate surface area is 373 Å². The first-order chi connectivity index (χ1) is 32.3. The van der Waals surface area contributed by atoms with Gasteiger partial charge in [0, 0.05) is 60.6 Å². The van der Waals surface area contributed by atoms with Crippen molar-refractivity contribution in [2.75, 3.05) is 0 Å². The summed E-state index contributed by atoms with van der Waals surface area (Å²) in [6.45, 7) is 0. The van der Waals surface area contributed by atoms with E-state index in [4.69, 9.17) is 4.42 Å². The van der Waals surface area contributed by atoms with Crippen LogP contribution in [0.1, 0.15) is 22.6 Å². The van der Waals surface area contributed by atoms with E-state index in [0.29, 0.717) is 0 Å². The van der Waals surface area contributed by atoms with Crippen LogP contribution < -0.4 is 0 Å². The Morgan fingerprint density at radius 3 is 1.42 bits per heavy atom. The molecule has 0 saturated heterocycles. The minimum Gasteiger partial charge on any atom is -0.456 e. The van der Waals surface area contributed by atoms with E-state index in [2.05, 4.69) is 232 Å². The number of furan rings is 1. The van der Waals surface area contributed by atoms with Gasteiger partial charge >= 0.3 is 0 Å². The minimum atomic E-state index is 0.00798. The second-order valence-electron chi connectivity index (χ2n) is 17.6. The van der Waals surface area contributed by atoms with E-state index in [1.165, 1.54) is 82.2 Å². The highest BCUT2D eigenvalue weighted by atomic mass is 16.3. The van der Waals surface area contributed by atoms with Gasteiger partial charge in [0.25, 0.3) is 0 Å². The molecule has 0 N–H and O–H groups in total. The normalized spacial score (nSPS) is 13.7. The van der Waals surface area contributed by atoms with Crippen LogP contribution in [0.3, 0.4) is 0 Å². The largest absolute Gasteiger partial charge is 0.456 e. The van der Waals surface area contributed by atoms with Crippen molar-refractivity contribution < 1.29 is 4.42 Å². The average molecular weight is 828 g/mol. The lowest BCUT2D eigenvalue weighted by atomic mass is 9.88. The molecule has 10 aromatic carbocycles. The van der Waals surface area contributed by atoms with E-state index in [-0.39, 0.29) is 5.92 Å². The molecule has 302 valence electrons. The van der Waals surface area contributed by atoms with Gasteiger partial charge in [0.05, 0.1) is 44.2 Å². The fourth-order valence-electron chi connectivity index (χ4n) is 11.7. The van der Waals surface area contributed by atoms with Crippen LogP contribution in [0.5, 0.6) is 0 Å². The van der Waals surface area contributed by atoms with Crippen LogP contribution in [-0.2, 0) is 0 Å². The third-order valence-electron chi connectivity index (χ3n) is 14.3. The molecule has 4 heteroatoms. The summed E-state index contributed by atoms with van der Waals surface area (Å²) < 4.78 is 14.4. The molecule has 0 radical (unpaired) electrons. The molecule has 0 bridgehead atoms. The molecule has 4 nitrogen and oxygen atoms in total. The van der Waals surface area contributed by atoms with Crippen LogP contribution in [0.15, 0.2) is 223 Å². The Kier molecular flexibility index (Phi) is 6.97. The monoisotopic (exact) mass is 827 g/mol. The SMILES string of the molecule is c1ccc2c(c1)-c1cc(-n3c4ccccc4c4ccccc43)ccc1C2c1cccc2c1oc1cccc(-n3c4ccccc4c4cc(-n5c6ccccc6c6ccccc65)ccc43)c12. The maximum Gasteiger partial charge on any atom is 0.139 e. The molecule has 65 heavy (non-hydrogen) atoms. The Morgan fingerprint density at radius 1 is 0.308 bits per heavy atom.